The van der Waals surface area contributed by atoms with Gasteiger partial charge in [-0.3, -0.25) is 9.59 Å². The molecule has 4 rings (SSSR count). The summed E-state index contributed by atoms with van der Waals surface area (Å²) in [5, 5.41) is 15.2. The van der Waals surface area contributed by atoms with Gasteiger partial charge < -0.3 is 19.9 Å². The number of rotatable bonds is 3. The first-order chi connectivity index (χ1) is 17.5. The fourth-order valence-electron chi connectivity index (χ4n) is 4.35. The lowest BCUT2D eigenvalue weighted by molar-refractivity contribution is -0.235. The maximum atomic E-state index is 13.1. The van der Waals surface area contributed by atoms with Gasteiger partial charge in [-0.25, -0.2) is 9.98 Å². The zero-order valence-electron chi connectivity index (χ0n) is 23.2. The van der Waals surface area contributed by atoms with Crippen LogP contribution in [-0.4, -0.2) is 33.7 Å². The number of pyridine rings is 1. The lowest BCUT2D eigenvalue weighted by Gasteiger charge is -2.33. The van der Waals surface area contributed by atoms with Gasteiger partial charge in [-0.1, -0.05) is 59.7 Å². The van der Waals surface area contributed by atoms with E-state index < -0.39 is 23.6 Å². The largest absolute Gasteiger partial charge is 0.507 e. The summed E-state index contributed by atoms with van der Waals surface area (Å²) >= 11 is 0. The summed E-state index contributed by atoms with van der Waals surface area (Å²) in [6.07, 6.45) is 0. The number of aliphatic imine (C=N–C) groups is 1. The number of amidine groups is 1. The van der Waals surface area contributed by atoms with Gasteiger partial charge in [0.25, 0.3) is 5.79 Å². The number of carbonyl (C=O) groups excluding carboxylic acids is 2. The molecule has 8 heteroatoms. The van der Waals surface area contributed by atoms with Crippen molar-refractivity contribution >= 4 is 40.2 Å². The molecule has 0 amide bonds. The summed E-state index contributed by atoms with van der Waals surface area (Å²) in [4.78, 5) is 35.3. The molecule has 0 bridgehead atoms. The lowest BCUT2D eigenvalue weighted by atomic mass is 9.79. The first-order valence-corrected chi connectivity index (χ1v) is 12.6. The van der Waals surface area contributed by atoms with Crippen molar-refractivity contribution in [2.45, 2.75) is 72.0 Å². The topological polar surface area (TPSA) is 110 Å². The number of anilines is 1. The van der Waals surface area contributed by atoms with Gasteiger partial charge in [-0.2, -0.15) is 0 Å². The van der Waals surface area contributed by atoms with Crippen LogP contribution in [0.4, 0.5) is 11.5 Å². The van der Waals surface area contributed by atoms with E-state index in [9.17, 15) is 14.7 Å². The van der Waals surface area contributed by atoms with Gasteiger partial charge in [-0.05, 0) is 41.2 Å². The van der Waals surface area contributed by atoms with E-state index in [2.05, 4.69) is 15.3 Å². The van der Waals surface area contributed by atoms with Gasteiger partial charge in [0.15, 0.2) is 5.82 Å². The van der Waals surface area contributed by atoms with Crippen LogP contribution in [0, 0.1) is 5.92 Å². The summed E-state index contributed by atoms with van der Waals surface area (Å²) in [5.74, 6) is -3.84. The summed E-state index contributed by atoms with van der Waals surface area (Å²) in [7, 11) is 0. The number of aromatic nitrogens is 1. The van der Waals surface area contributed by atoms with Crippen LogP contribution in [0.25, 0.3) is 10.9 Å². The number of phenolic OH excluding ortho intramolecular Hbond substituents is 1. The molecule has 1 aliphatic heterocycles. The quantitative estimate of drug-likeness (QED) is 0.141. The van der Waals surface area contributed by atoms with E-state index in [4.69, 9.17) is 9.47 Å². The van der Waals surface area contributed by atoms with E-state index in [1.54, 1.807) is 18.2 Å². The smallest absolute Gasteiger partial charge is 0.331 e. The molecule has 2 N–H and O–H groups in total. The van der Waals surface area contributed by atoms with Gasteiger partial charge >= 0.3 is 11.9 Å². The Labute approximate surface area is 223 Å². The minimum Gasteiger partial charge on any atom is -0.507 e. The number of esters is 2. The number of cyclic esters (lactones) is 2. The van der Waals surface area contributed by atoms with E-state index in [1.165, 1.54) is 13.8 Å². The molecule has 0 unspecified atom stereocenters. The van der Waals surface area contributed by atoms with Crippen LogP contribution in [0.3, 0.4) is 0 Å². The Morgan fingerprint density at radius 1 is 0.921 bits per heavy atom. The van der Waals surface area contributed by atoms with Gasteiger partial charge in [0.05, 0.1) is 5.52 Å². The minimum atomic E-state index is -1.44. The van der Waals surface area contributed by atoms with E-state index in [0.717, 1.165) is 10.9 Å². The Kier molecular flexibility index (Phi) is 6.72. The van der Waals surface area contributed by atoms with Crippen molar-refractivity contribution in [3.8, 4) is 5.75 Å². The highest BCUT2D eigenvalue weighted by Crippen LogP contribution is 2.41. The van der Waals surface area contributed by atoms with Gasteiger partial charge in [0.1, 0.15) is 11.6 Å². The number of hydrogen-bond donors (Lipinski definition) is 2. The van der Waals surface area contributed by atoms with Crippen LogP contribution >= 0.6 is 0 Å². The van der Waals surface area contributed by atoms with Crippen LogP contribution in [0.5, 0.6) is 5.75 Å². The monoisotopic (exact) mass is 517 g/mol. The van der Waals surface area contributed by atoms with E-state index >= 15 is 0 Å². The summed E-state index contributed by atoms with van der Waals surface area (Å²) < 4.78 is 10.8. The third-order valence-corrected chi connectivity index (χ3v) is 6.25. The Morgan fingerprint density at radius 2 is 1.47 bits per heavy atom. The third-order valence-electron chi connectivity index (χ3n) is 6.25. The zero-order valence-corrected chi connectivity index (χ0v) is 23.2. The summed E-state index contributed by atoms with van der Waals surface area (Å²) in [5.41, 5.74) is 1.94. The number of para-hydroxylation sites is 1. The first-order valence-electron chi connectivity index (χ1n) is 12.6. The Bertz CT molecular complexity index is 1390. The number of nitrogens with one attached hydrogen (secondary N) is 1. The van der Waals surface area contributed by atoms with Crippen LogP contribution in [0.1, 0.15) is 66.5 Å². The number of carbonyl (C=O) groups is 2. The molecule has 1 aliphatic rings. The number of phenols is 1. The molecular formula is C30H35N3O5. The van der Waals surface area contributed by atoms with Gasteiger partial charge in [-0.15, -0.1) is 0 Å². The fraction of sp³-hybridized carbons (Fsp3) is 0.400. The number of benzene rings is 2. The second-order valence-electron chi connectivity index (χ2n) is 12.1. The van der Waals surface area contributed by atoms with Gasteiger partial charge in [0.2, 0.25) is 5.92 Å². The minimum absolute atomic E-state index is 0.0173. The average molecular weight is 518 g/mol. The highest BCUT2D eigenvalue weighted by molar-refractivity contribution is 6.21. The van der Waals surface area contributed by atoms with Crippen LogP contribution in [0.15, 0.2) is 53.5 Å². The molecule has 1 fully saturated rings. The lowest BCUT2D eigenvalue weighted by Crippen LogP contribution is -2.50. The maximum Gasteiger partial charge on any atom is 0.331 e. The van der Waals surface area contributed by atoms with Crippen molar-refractivity contribution in [2.24, 2.45) is 10.9 Å². The number of fused-ring (bicyclic) bond motifs is 1. The molecule has 38 heavy (non-hydrogen) atoms. The van der Waals surface area contributed by atoms with Crippen LogP contribution in [0.2, 0.25) is 0 Å². The summed E-state index contributed by atoms with van der Waals surface area (Å²) in [6, 6.07) is 14.8. The van der Waals surface area contributed by atoms with Crippen molar-refractivity contribution in [3.05, 3.63) is 59.7 Å². The van der Waals surface area contributed by atoms with E-state index in [-0.39, 0.29) is 22.4 Å². The average Bonchev–Trinajstić information content (AvgIpc) is 2.77. The van der Waals surface area contributed by atoms with Crippen molar-refractivity contribution in [1.29, 1.82) is 0 Å². The zero-order chi connectivity index (χ0) is 28.0. The number of aromatic hydroxyl groups is 1. The van der Waals surface area contributed by atoms with Crippen LogP contribution < -0.4 is 5.32 Å². The Hall–Kier alpha value is -3.94. The molecule has 3 aromatic rings. The van der Waals surface area contributed by atoms with E-state index in [1.807, 2.05) is 71.9 Å². The molecule has 0 radical (unpaired) electrons. The number of nitrogens with zero attached hydrogens (tertiary/aromatic N) is 2. The molecular weight excluding hydrogens is 482 g/mol. The predicted molar refractivity (Wildman–Crippen MR) is 148 cm³/mol. The maximum absolute atomic E-state index is 13.1. The molecule has 8 nitrogen and oxygen atoms in total. The molecule has 200 valence electrons. The predicted octanol–water partition coefficient (Wildman–Crippen LogP) is 6.13. The Balaban J connectivity index is 1.87. The molecule has 0 saturated carbocycles. The molecule has 0 atom stereocenters. The first kappa shape index (κ1) is 27.1. The van der Waals surface area contributed by atoms with Crippen molar-refractivity contribution < 1.29 is 24.2 Å². The molecule has 2 aromatic carbocycles. The molecule has 1 aromatic heterocycles. The fourth-order valence-corrected chi connectivity index (χ4v) is 4.35. The van der Waals surface area contributed by atoms with Crippen molar-refractivity contribution in [1.82, 2.24) is 4.98 Å². The normalized spacial score (nSPS) is 16.8. The molecule has 1 saturated heterocycles. The number of hydrogen-bond acceptors (Lipinski definition) is 7. The van der Waals surface area contributed by atoms with Crippen molar-refractivity contribution in [3.63, 3.8) is 0 Å². The second kappa shape index (κ2) is 9.42. The summed E-state index contributed by atoms with van der Waals surface area (Å²) in [6.45, 7) is 15.0. The molecule has 2 heterocycles. The molecule has 0 spiro atoms. The highest BCUT2D eigenvalue weighted by atomic mass is 16.7. The number of ether oxygens (including phenoxy) is 2. The van der Waals surface area contributed by atoms with Crippen LogP contribution in [-0.2, 0) is 29.9 Å². The molecule has 0 aliphatic carbocycles. The van der Waals surface area contributed by atoms with Crippen molar-refractivity contribution in [2.75, 3.05) is 5.32 Å². The third kappa shape index (κ3) is 5.64. The standard InChI is InChI=1S/C30H35N3O5/c1-28(2,3)19-15-18(16-20(24(19)34)29(4,5)6)31-25(23-26(35)37-30(7,8)38-27(23)36)33-22-14-13-17-11-9-10-12-21(17)32-22/h9-16,23,34H,1-8H3,(H,31,32,33). The SMILES string of the molecule is CC1(C)OC(=O)C(C(=Nc2ccc3ccccc3n2)Nc2cc(C(C)(C)C)c(O)c(C(C)(C)C)c2)C(=O)O1. The van der Waals surface area contributed by atoms with Gasteiger partial charge in [0, 0.05) is 36.0 Å². The van der Waals surface area contributed by atoms with E-state index in [0.29, 0.717) is 22.6 Å². The second-order valence-corrected chi connectivity index (χ2v) is 12.1. The highest BCUT2D eigenvalue weighted by Gasteiger charge is 2.46. The Morgan fingerprint density at radius 3 is 2.03 bits per heavy atom.